The molecule has 2 aliphatic rings. The van der Waals surface area contributed by atoms with Crippen molar-refractivity contribution in [2.45, 2.75) is 31.9 Å². The number of carbonyl (C=O) groups is 1. The summed E-state index contributed by atoms with van der Waals surface area (Å²) < 4.78 is 7.19. The first kappa shape index (κ1) is 19.2. The van der Waals surface area contributed by atoms with Crippen molar-refractivity contribution in [3.8, 4) is 5.75 Å². The van der Waals surface area contributed by atoms with Gasteiger partial charge in [-0.25, -0.2) is 0 Å². The SMILES string of the molecule is CN1C(=S)NC(c2ccccc2OCc2ccc(Br)cc2)C2=C1CCCC2=O. The first-order chi connectivity index (χ1) is 13.5. The van der Waals surface area contributed by atoms with E-state index in [-0.39, 0.29) is 11.8 Å². The van der Waals surface area contributed by atoms with Gasteiger partial charge in [-0.2, -0.15) is 0 Å². The van der Waals surface area contributed by atoms with Crippen molar-refractivity contribution in [1.82, 2.24) is 10.2 Å². The molecule has 2 aromatic carbocycles. The number of halogens is 1. The van der Waals surface area contributed by atoms with Crippen molar-refractivity contribution in [3.63, 3.8) is 0 Å². The molecule has 4 rings (SSSR count). The number of carbonyl (C=O) groups excluding carboxylic acids is 1. The van der Waals surface area contributed by atoms with E-state index in [2.05, 4.69) is 21.2 Å². The molecular formula is C22H21BrN2O2S. The Bertz CT molecular complexity index is 955. The molecule has 0 saturated carbocycles. The van der Waals surface area contributed by atoms with Crippen LogP contribution in [-0.4, -0.2) is 22.8 Å². The summed E-state index contributed by atoms with van der Waals surface area (Å²) >= 11 is 8.98. The maximum absolute atomic E-state index is 12.8. The zero-order valence-corrected chi connectivity index (χ0v) is 18.0. The van der Waals surface area contributed by atoms with Crippen LogP contribution in [0.2, 0.25) is 0 Å². The Kier molecular flexibility index (Phi) is 5.51. The van der Waals surface area contributed by atoms with Gasteiger partial charge in [0.2, 0.25) is 0 Å². The number of benzene rings is 2. The van der Waals surface area contributed by atoms with E-state index in [0.717, 1.165) is 45.5 Å². The fourth-order valence-corrected chi connectivity index (χ4v) is 4.26. The number of ether oxygens (including phenoxy) is 1. The summed E-state index contributed by atoms with van der Waals surface area (Å²) in [5.74, 6) is 0.955. The number of hydrogen-bond donors (Lipinski definition) is 1. The molecule has 1 N–H and O–H groups in total. The molecule has 4 nitrogen and oxygen atoms in total. The van der Waals surface area contributed by atoms with Crippen LogP contribution in [0, 0.1) is 0 Å². The van der Waals surface area contributed by atoms with Gasteiger partial charge in [0, 0.05) is 34.8 Å². The van der Waals surface area contributed by atoms with E-state index in [1.165, 1.54) is 0 Å². The van der Waals surface area contributed by atoms with Crippen LogP contribution in [0.1, 0.15) is 36.4 Å². The molecule has 0 bridgehead atoms. The lowest BCUT2D eigenvalue weighted by Gasteiger charge is -2.39. The fraction of sp³-hybridized carbons (Fsp3) is 0.273. The Morgan fingerprint density at radius 1 is 1.18 bits per heavy atom. The topological polar surface area (TPSA) is 41.6 Å². The summed E-state index contributed by atoms with van der Waals surface area (Å²) in [5, 5.41) is 3.99. The highest BCUT2D eigenvalue weighted by molar-refractivity contribution is 9.10. The van der Waals surface area contributed by atoms with Crippen LogP contribution >= 0.6 is 28.1 Å². The smallest absolute Gasteiger partial charge is 0.173 e. The van der Waals surface area contributed by atoms with Gasteiger partial charge in [-0.15, -0.1) is 0 Å². The van der Waals surface area contributed by atoms with Crippen molar-refractivity contribution >= 4 is 39.0 Å². The molecule has 0 fully saturated rings. The highest BCUT2D eigenvalue weighted by Crippen LogP contribution is 2.39. The number of hydrogen-bond acceptors (Lipinski definition) is 3. The molecule has 2 aromatic rings. The Morgan fingerprint density at radius 2 is 1.93 bits per heavy atom. The summed E-state index contributed by atoms with van der Waals surface area (Å²) in [7, 11) is 1.93. The molecule has 0 radical (unpaired) electrons. The standard InChI is InChI=1S/C22H21BrN2O2S/c1-25-17-6-4-7-18(26)20(17)21(24-22(25)28)16-5-2-3-8-19(16)27-13-14-9-11-15(23)12-10-14/h2-3,5,8-12,21H,4,6-7,13H2,1H3,(H,24,28). The van der Waals surface area contributed by atoms with Gasteiger partial charge in [0.25, 0.3) is 0 Å². The lowest BCUT2D eigenvalue weighted by molar-refractivity contribution is -0.116. The summed E-state index contributed by atoms with van der Waals surface area (Å²) in [5.41, 5.74) is 3.88. The molecule has 1 aliphatic heterocycles. The zero-order chi connectivity index (χ0) is 19.7. The second-order valence-corrected chi connectivity index (χ2v) is 8.33. The maximum Gasteiger partial charge on any atom is 0.173 e. The minimum absolute atomic E-state index is 0.191. The predicted molar refractivity (Wildman–Crippen MR) is 117 cm³/mol. The minimum atomic E-state index is -0.271. The van der Waals surface area contributed by atoms with Crippen LogP contribution in [0.5, 0.6) is 5.75 Å². The number of nitrogens with one attached hydrogen (secondary N) is 1. The van der Waals surface area contributed by atoms with Crippen LogP contribution in [0.15, 0.2) is 64.3 Å². The third-order valence-electron chi connectivity index (χ3n) is 5.23. The first-order valence-electron chi connectivity index (χ1n) is 9.31. The van der Waals surface area contributed by atoms with Gasteiger partial charge >= 0.3 is 0 Å². The maximum atomic E-state index is 12.8. The highest BCUT2D eigenvalue weighted by Gasteiger charge is 2.36. The van der Waals surface area contributed by atoms with Crippen molar-refractivity contribution in [2.24, 2.45) is 0 Å². The van der Waals surface area contributed by atoms with Gasteiger partial charge in [-0.05, 0) is 48.8 Å². The fourth-order valence-electron chi connectivity index (χ4n) is 3.76. The van der Waals surface area contributed by atoms with E-state index in [0.29, 0.717) is 18.1 Å². The van der Waals surface area contributed by atoms with Gasteiger partial charge in [0.15, 0.2) is 10.9 Å². The second kappa shape index (κ2) is 8.05. The Morgan fingerprint density at radius 3 is 2.71 bits per heavy atom. The molecule has 0 spiro atoms. The molecule has 0 saturated heterocycles. The average Bonchev–Trinajstić information content (AvgIpc) is 2.71. The van der Waals surface area contributed by atoms with Gasteiger partial charge in [0.05, 0.1) is 6.04 Å². The molecule has 1 atom stereocenters. The van der Waals surface area contributed by atoms with Gasteiger partial charge < -0.3 is 15.0 Å². The number of para-hydroxylation sites is 1. The molecule has 144 valence electrons. The Hall–Kier alpha value is -2.18. The summed E-state index contributed by atoms with van der Waals surface area (Å²) in [6.07, 6.45) is 2.33. The average molecular weight is 457 g/mol. The second-order valence-electron chi connectivity index (χ2n) is 7.03. The van der Waals surface area contributed by atoms with E-state index < -0.39 is 0 Å². The number of thiocarbonyl (C=S) groups is 1. The van der Waals surface area contributed by atoms with Crippen molar-refractivity contribution < 1.29 is 9.53 Å². The van der Waals surface area contributed by atoms with E-state index in [4.69, 9.17) is 17.0 Å². The Balaban J connectivity index is 1.67. The number of nitrogens with zero attached hydrogens (tertiary/aromatic N) is 1. The summed E-state index contributed by atoms with van der Waals surface area (Å²) in [6, 6.07) is 15.7. The van der Waals surface area contributed by atoms with Crippen LogP contribution < -0.4 is 10.1 Å². The van der Waals surface area contributed by atoms with Gasteiger partial charge in [-0.1, -0.05) is 46.3 Å². The highest BCUT2D eigenvalue weighted by atomic mass is 79.9. The van der Waals surface area contributed by atoms with Crippen LogP contribution in [0.25, 0.3) is 0 Å². The van der Waals surface area contributed by atoms with Gasteiger partial charge in [-0.3, -0.25) is 4.79 Å². The van der Waals surface area contributed by atoms with Crippen molar-refractivity contribution in [3.05, 3.63) is 75.4 Å². The normalized spacial score (nSPS) is 19.4. The third kappa shape index (κ3) is 3.71. The molecule has 0 amide bonds. The number of allylic oxidation sites excluding steroid dienone is 1. The predicted octanol–water partition coefficient (Wildman–Crippen LogP) is 4.90. The molecule has 6 heteroatoms. The van der Waals surface area contributed by atoms with Crippen molar-refractivity contribution in [2.75, 3.05) is 7.05 Å². The Labute approximate surface area is 178 Å². The quantitative estimate of drug-likeness (QED) is 0.662. The van der Waals surface area contributed by atoms with Crippen LogP contribution in [0.4, 0.5) is 0 Å². The van der Waals surface area contributed by atoms with Gasteiger partial charge in [0.1, 0.15) is 12.4 Å². The first-order valence-corrected chi connectivity index (χ1v) is 10.5. The summed E-state index contributed by atoms with van der Waals surface area (Å²) in [4.78, 5) is 14.7. The molecule has 1 heterocycles. The molecule has 28 heavy (non-hydrogen) atoms. The molecule has 0 aromatic heterocycles. The number of Topliss-reactive ketones (excluding diaryl/α,β-unsaturated/α-hetero) is 1. The summed E-state index contributed by atoms with van der Waals surface area (Å²) in [6.45, 7) is 0.460. The zero-order valence-electron chi connectivity index (χ0n) is 15.6. The molecular weight excluding hydrogens is 436 g/mol. The van der Waals surface area contributed by atoms with E-state index in [1.807, 2.05) is 60.5 Å². The lowest BCUT2D eigenvalue weighted by Crippen LogP contribution is -2.47. The molecule has 1 unspecified atom stereocenters. The monoisotopic (exact) mass is 456 g/mol. The van der Waals surface area contributed by atoms with Crippen molar-refractivity contribution in [1.29, 1.82) is 0 Å². The van der Waals surface area contributed by atoms with E-state index in [9.17, 15) is 4.79 Å². The van der Waals surface area contributed by atoms with E-state index in [1.54, 1.807) is 0 Å². The van der Waals surface area contributed by atoms with Crippen LogP contribution in [0.3, 0.4) is 0 Å². The number of rotatable bonds is 4. The lowest BCUT2D eigenvalue weighted by atomic mass is 9.84. The van der Waals surface area contributed by atoms with Crippen LogP contribution in [-0.2, 0) is 11.4 Å². The minimum Gasteiger partial charge on any atom is -0.489 e. The third-order valence-corrected chi connectivity index (χ3v) is 6.15. The van der Waals surface area contributed by atoms with E-state index >= 15 is 0 Å². The molecule has 1 aliphatic carbocycles. The largest absolute Gasteiger partial charge is 0.489 e. The number of ketones is 1.